The average molecular weight is 602 g/mol. The number of halogens is 1. The van der Waals surface area contributed by atoms with Crippen LogP contribution in [0, 0.1) is 5.82 Å². The summed E-state index contributed by atoms with van der Waals surface area (Å²) in [5.74, 6) is 2.10. The van der Waals surface area contributed by atoms with Gasteiger partial charge in [-0.3, -0.25) is 4.79 Å². The minimum atomic E-state index is -0.506. The molecule has 0 aliphatic carbocycles. The van der Waals surface area contributed by atoms with Gasteiger partial charge in [-0.05, 0) is 43.2 Å². The van der Waals surface area contributed by atoms with Crippen molar-refractivity contribution in [2.45, 2.75) is 18.9 Å². The second-order valence-corrected chi connectivity index (χ2v) is 10.4. The third kappa shape index (κ3) is 7.14. The molecule has 44 heavy (non-hydrogen) atoms. The van der Waals surface area contributed by atoms with Crippen LogP contribution in [0.3, 0.4) is 0 Å². The first-order valence-corrected chi connectivity index (χ1v) is 14.3. The molecule has 0 unspecified atom stereocenters. The lowest BCUT2D eigenvalue weighted by molar-refractivity contribution is -0.126. The van der Waals surface area contributed by atoms with E-state index in [0.29, 0.717) is 66.0 Å². The lowest BCUT2D eigenvalue weighted by Crippen LogP contribution is -2.41. The van der Waals surface area contributed by atoms with Crippen LogP contribution >= 0.6 is 0 Å². The molecule has 0 radical (unpaired) electrons. The third-order valence-electron chi connectivity index (χ3n) is 7.47. The predicted octanol–water partition coefficient (Wildman–Crippen LogP) is 5.38. The Morgan fingerprint density at radius 1 is 1.09 bits per heavy atom. The number of methoxy groups -OCH3 is 2. The van der Waals surface area contributed by atoms with Gasteiger partial charge in [0.1, 0.15) is 41.0 Å². The summed E-state index contributed by atoms with van der Waals surface area (Å²) in [5, 5.41) is 7.35. The van der Waals surface area contributed by atoms with Crippen LogP contribution in [0.1, 0.15) is 12.8 Å². The molecule has 1 aliphatic heterocycles. The Balaban J connectivity index is 1.32. The van der Waals surface area contributed by atoms with Gasteiger partial charge in [0.25, 0.3) is 0 Å². The van der Waals surface area contributed by atoms with E-state index in [1.165, 1.54) is 18.5 Å². The van der Waals surface area contributed by atoms with Crippen molar-refractivity contribution in [3.8, 4) is 17.2 Å². The molecular formula is C32H36FN7O4. The van der Waals surface area contributed by atoms with Crippen molar-refractivity contribution < 1.29 is 23.4 Å². The van der Waals surface area contributed by atoms with Gasteiger partial charge in [0, 0.05) is 69.6 Å². The zero-order chi connectivity index (χ0) is 31.1. The van der Waals surface area contributed by atoms with Crippen molar-refractivity contribution in [3.63, 3.8) is 0 Å². The van der Waals surface area contributed by atoms with Gasteiger partial charge in [-0.25, -0.2) is 19.3 Å². The van der Waals surface area contributed by atoms with Gasteiger partial charge in [-0.15, -0.1) is 0 Å². The van der Waals surface area contributed by atoms with Crippen LogP contribution < -0.4 is 25.0 Å². The second-order valence-electron chi connectivity index (χ2n) is 10.4. The van der Waals surface area contributed by atoms with Gasteiger partial charge in [-0.2, -0.15) is 0 Å². The maximum atomic E-state index is 15.3. The Morgan fingerprint density at radius 2 is 1.89 bits per heavy atom. The minimum Gasteiger partial charge on any atom is -0.495 e. The van der Waals surface area contributed by atoms with Crippen LogP contribution in [-0.4, -0.2) is 79.3 Å². The number of nitrogens with one attached hydrogen (secondary N) is 2. The standard InChI is InChI=1S/C32H36FN7O4/c1-5-31(41)40-12-9-21(10-13-40)37-28-18-24-27(19-29(28)43-4)35-20-36-32(24)38-26-7-6-22(16-25(26)33)44-23-8-11-34-30(17-23)39(2)14-15-42-3/h5-8,11,16-21,37H,1,9-10,12-15H2,2-4H3,(H,35,36,38). The molecule has 0 bridgehead atoms. The minimum absolute atomic E-state index is 0.0560. The van der Waals surface area contributed by atoms with Crippen molar-refractivity contribution in [1.29, 1.82) is 0 Å². The van der Waals surface area contributed by atoms with E-state index in [1.54, 1.807) is 49.6 Å². The smallest absolute Gasteiger partial charge is 0.245 e. The highest BCUT2D eigenvalue weighted by molar-refractivity contribution is 5.95. The SMILES string of the molecule is C=CC(=O)N1CCC(Nc2cc3c(Nc4ccc(Oc5ccnc(N(C)CCOC)c5)cc4F)ncnc3cc2OC)CC1. The fraction of sp³-hybridized carbons (Fsp3) is 0.312. The lowest BCUT2D eigenvalue weighted by Gasteiger charge is -2.32. The monoisotopic (exact) mass is 601 g/mol. The molecule has 4 aromatic rings. The molecule has 0 atom stereocenters. The molecule has 2 N–H and O–H groups in total. The molecular weight excluding hydrogens is 565 g/mol. The van der Waals surface area contributed by atoms with E-state index in [-0.39, 0.29) is 17.6 Å². The maximum absolute atomic E-state index is 15.3. The van der Waals surface area contributed by atoms with Gasteiger partial charge in [-0.1, -0.05) is 6.58 Å². The Morgan fingerprint density at radius 3 is 2.61 bits per heavy atom. The van der Waals surface area contributed by atoms with Crippen LogP contribution in [0.15, 0.2) is 67.6 Å². The number of aromatic nitrogens is 3. The molecule has 1 aliphatic rings. The summed E-state index contributed by atoms with van der Waals surface area (Å²) in [6.07, 6.45) is 5.97. The number of rotatable bonds is 12. The molecule has 230 valence electrons. The highest BCUT2D eigenvalue weighted by Gasteiger charge is 2.23. The van der Waals surface area contributed by atoms with Crippen molar-refractivity contribution in [2.75, 3.05) is 63.0 Å². The van der Waals surface area contributed by atoms with Crippen molar-refractivity contribution in [2.24, 2.45) is 0 Å². The van der Waals surface area contributed by atoms with E-state index >= 15 is 4.39 Å². The number of carbonyl (C=O) groups is 1. The topological polar surface area (TPSA) is 114 Å². The summed E-state index contributed by atoms with van der Waals surface area (Å²) in [6, 6.07) is 12.0. The molecule has 5 rings (SSSR count). The molecule has 2 aromatic heterocycles. The fourth-order valence-corrected chi connectivity index (χ4v) is 5.00. The summed E-state index contributed by atoms with van der Waals surface area (Å²) in [4.78, 5) is 28.9. The second kappa shape index (κ2) is 14.0. The first kappa shape index (κ1) is 30.5. The van der Waals surface area contributed by atoms with Gasteiger partial charge in [0.05, 0.1) is 30.6 Å². The molecule has 0 saturated carbocycles. The van der Waals surface area contributed by atoms with Crippen LogP contribution in [0.5, 0.6) is 17.2 Å². The molecule has 11 nitrogen and oxygen atoms in total. The van der Waals surface area contributed by atoms with E-state index in [2.05, 4.69) is 32.2 Å². The van der Waals surface area contributed by atoms with Crippen molar-refractivity contribution >= 4 is 39.8 Å². The zero-order valence-electron chi connectivity index (χ0n) is 25.0. The Bertz CT molecular complexity index is 1630. The first-order valence-electron chi connectivity index (χ1n) is 14.3. The number of hydrogen-bond donors (Lipinski definition) is 2. The number of likely N-dealkylation sites (tertiary alicyclic amines) is 1. The number of anilines is 4. The number of fused-ring (bicyclic) bond motifs is 1. The predicted molar refractivity (Wildman–Crippen MR) is 169 cm³/mol. The van der Waals surface area contributed by atoms with Crippen molar-refractivity contribution in [3.05, 3.63) is 73.5 Å². The van der Waals surface area contributed by atoms with Gasteiger partial charge in [0.2, 0.25) is 5.91 Å². The molecule has 3 heterocycles. The fourth-order valence-electron chi connectivity index (χ4n) is 5.00. The number of carbonyl (C=O) groups excluding carboxylic acids is 1. The van der Waals surface area contributed by atoms with Gasteiger partial charge < -0.3 is 34.6 Å². The quantitative estimate of drug-likeness (QED) is 0.205. The number of ether oxygens (including phenoxy) is 3. The summed E-state index contributed by atoms with van der Waals surface area (Å²) in [6.45, 7) is 6.09. The van der Waals surface area contributed by atoms with Gasteiger partial charge in [0.15, 0.2) is 0 Å². The Labute approximate surface area is 255 Å². The summed E-state index contributed by atoms with van der Waals surface area (Å²) in [7, 11) is 5.16. The lowest BCUT2D eigenvalue weighted by atomic mass is 10.0. The number of piperidine rings is 1. The van der Waals surface area contributed by atoms with E-state index in [9.17, 15) is 4.79 Å². The van der Waals surface area contributed by atoms with Crippen LogP contribution in [-0.2, 0) is 9.53 Å². The largest absolute Gasteiger partial charge is 0.495 e. The molecule has 2 aromatic carbocycles. The normalized spacial score (nSPS) is 13.4. The molecule has 12 heteroatoms. The number of nitrogens with zero attached hydrogens (tertiary/aromatic N) is 5. The summed E-state index contributed by atoms with van der Waals surface area (Å²) >= 11 is 0. The molecule has 1 amide bonds. The number of pyridine rings is 1. The first-order chi connectivity index (χ1) is 21.4. The van der Waals surface area contributed by atoms with Crippen LogP contribution in [0.25, 0.3) is 10.9 Å². The zero-order valence-corrected chi connectivity index (χ0v) is 25.0. The Hall–Kier alpha value is -4.97. The van der Waals surface area contributed by atoms with E-state index in [1.807, 2.05) is 24.1 Å². The number of hydrogen-bond acceptors (Lipinski definition) is 10. The summed E-state index contributed by atoms with van der Waals surface area (Å²) in [5.41, 5.74) is 1.64. The van der Waals surface area contributed by atoms with Crippen LogP contribution in [0.2, 0.25) is 0 Å². The highest BCUT2D eigenvalue weighted by Crippen LogP contribution is 2.35. The maximum Gasteiger partial charge on any atom is 0.245 e. The average Bonchev–Trinajstić information content (AvgIpc) is 3.05. The highest BCUT2D eigenvalue weighted by atomic mass is 19.1. The van der Waals surface area contributed by atoms with E-state index in [0.717, 1.165) is 18.5 Å². The van der Waals surface area contributed by atoms with Gasteiger partial charge >= 0.3 is 0 Å². The number of benzene rings is 2. The Kier molecular flexibility index (Phi) is 9.70. The van der Waals surface area contributed by atoms with Crippen molar-refractivity contribution in [1.82, 2.24) is 19.9 Å². The third-order valence-corrected chi connectivity index (χ3v) is 7.47. The summed E-state index contributed by atoms with van der Waals surface area (Å²) < 4.78 is 32.0. The van der Waals surface area contributed by atoms with Crippen LogP contribution in [0.4, 0.5) is 27.4 Å². The van der Waals surface area contributed by atoms with E-state index in [4.69, 9.17) is 14.2 Å². The molecule has 1 fully saturated rings. The van der Waals surface area contributed by atoms with E-state index < -0.39 is 5.82 Å². The number of amides is 1. The molecule has 0 spiro atoms. The number of likely N-dealkylation sites (N-methyl/N-ethyl adjacent to an activating group) is 1. The molecule has 1 saturated heterocycles.